The van der Waals surface area contributed by atoms with Gasteiger partial charge in [0, 0.05) is 25.5 Å². The topological polar surface area (TPSA) is 79.1 Å². The monoisotopic (exact) mass is 262 g/mol. The third-order valence-corrected chi connectivity index (χ3v) is 2.33. The molecule has 2 rings (SSSR count). The SMILES string of the molecule is CCOC(=O)COc1cc(-c2cnccn2)n(C)n1. The zero-order valence-electron chi connectivity index (χ0n) is 10.7. The van der Waals surface area contributed by atoms with Crippen LogP contribution in [-0.4, -0.2) is 38.9 Å². The number of nitrogens with zero attached hydrogens (tertiary/aromatic N) is 4. The fourth-order valence-electron chi connectivity index (χ4n) is 1.52. The Morgan fingerprint density at radius 3 is 2.95 bits per heavy atom. The predicted octanol–water partition coefficient (Wildman–Crippen LogP) is 0.819. The largest absolute Gasteiger partial charge is 0.465 e. The lowest BCUT2D eigenvalue weighted by atomic mass is 10.3. The van der Waals surface area contributed by atoms with Crippen molar-refractivity contribution in [2.24, 2.45) is 7.05 Å². The lowest BCUT2D eigenvalue weighted by Crippen LogP contribution is -2.14. The zero-order valence-corrected chi connectivity index (χ0v) is 10.7. The van der Waals surface area contributed by atoms with E-state index >= 15 is 0 Å². The average Bonchev–Trinajstić information content (AvgIpc) is 2.79. The van der Waals surface area contributed by atoms with Gasteiger partial charge in [0.15, 0.2) is 6.61 Å². The van der Waals surface area contributed by atoms with Crippen molar-refractivity contribution in [2.75, 3.05) is 13.2 Å². The first-order valence-electron chi connectivity index (χ1n) is 5.79. The van der Waals surface area contributed by atoms with Gasteiger partial charge in [-0.2, -0.15) is 0 Å². The zero-order chi connectivity index (χ0) is 13.7. The summed E-state index contributed by atoms with van der Waals surface area (Å²) >= 11 is 0. The maximum atomic E-state index is 11.2. The summed E-state index contributed by atoms with van der Waals surface area (Å²) in [6, 6.07) is 1.70. The summed E-state index contributed by atoms with van der Waals surface area (Å²) in [6.07, 6.45) is 4.83. The molecule has 100 valence electrons. The second-order valence-corrected chi connectivity index (χ2v) is 3.68. The molecule has 0 aromatic carbocycles. The van der Waals surface area contributed by atoms with E-state index in [1.54, 1.807) is 43.3 Å². The number of hydrogen-bond donors (Lipinski definition) is 0. The molecule has 0 radical (unpaired) electrons. The Hall–Kier alpha value is -2.44. The van der Waals surface area contributed by atoms with Crippen LogP contribution in [-0.2, 0) is 16.6 Å². The molecule has 0 atom stereocenters. The van der Waals surface area contributed by atoms with Crippen molar-refractivity contribution in [2.45, 2.75) is 6.92 Å². The number of hydrogen-bond acceptors (Lipinski definition) is 6. The maximum absolute atomic E-state index is 11.2. The highest BCUT2D eigenvalue weighted by Crippen LogP contribution is 2.20. The molecule has 7 heteroatoms. The Kier molecular flexibility index (Phi) is 4.07. The second-order valence-electron chi connectivity index (χ2n) is 3.68. The molecule has 0 spiro atoms. The van der Waals surface area contributed by atoms with E-state index in [0.717, 1.165) is 5.69 Å². The van der Waals surface area contributed by atoms with Crippen molar-refractivity contribution < 1.29 is 14.3 Å². The fraction of sp³-hybridized carbons (Fsp3) is 0.333. The molecule has 7 nitrogen and oxygen atoms in total. The number of aromatic nitrogens is 4. The summed E-state index contributed by atoms with van der Waals surface area (Å²) in [5.74, 6) is -0.0783. The Bertz CT molecular complexity index is 553. The van der Waals surface area contributed by atoms with Crippen LogP contribution in [0.4, 0.5) is 0 Å². The Morgan fingerprint density at radius 1 is 1.42 bits per heavy atom. The molecule has 2 heterocycles. The summed E-state index contributed by atoms with van der Waals surface area (Å²) in [5, 5.41) is 4.14. The third-order valence-electron chi connectivity index (χ3n) is 2.33. The van der Waals surface area contributed by atoms with E-state index in [-0.39, 0.29) is 6.61 Å². The first kappa shape index (κ1) is 13.0. The molecule has 0 aliphatic heterocycles. The van der Waals surface area contributed by atoms with Gasteiger partial charge >= 0.3 is 5.97 Å². The molecule has 0 unspecified atom stereocenters. The second kappa shape index (κ2) is 5.94. The van der Waals surface area contributed by atoms with Crippen LogP contribution >= 0.6 is 0 Å². The Morgan fingerprint density at radius 2 is 2.26 bits per heavy atom. The highest BCUT2D eigenvalue weighted by molar-refractivity contribution is 5.71. The van der Waals surface area contributed by atoms with E-state index in [1.807, 2.05) is 0 Å². The predicted molar refractivity (Wildman–Crippen MR) is 66.4 cm³/mol. The number of aryl methyl sites for hydroxylation is 1. The van der Waals surface area contributed by atoms with Crippen LogP contribution in [0.1, 0.15) is 6.92 Å². The molecule has 0 amide bonds. The van der Waals surface area contributed by atoms with E-state index in [9.17, 15) is 4.79 Å². The molecule has 2 aromatic heterocycles. The lowest BCUT2D eigenvalue weighted by molar-refractivity contribution is -0.145. The van der Waals surface area contributed by atoms with Crippen molar-refractivity contribution in [3.8, 4) is 17.3 Å². The minimum Gasteiger partial charge on any atom is -0.465 e. The summed E-state index contributed by atoms with van der Waals surface area (Å²) in [7, 11) is 1.77. The first-order valence-corrected chi connectivity index (χ1v) is 5.79. The van der Waals surface area contributed by atoms with Gasteiger partial charge in [-0.05, 0) is 6.92 Å². The quantitative estimate of drug-likeness (QED) is 0.742. The highest BCUT2D eigenvalue weighted by atomic mass is 16.6. The van der Waals surface area contributed by atoms with Crippen LogP contribution in [0.2, 0.25) is 0 Å². The van der Waals surface area contributed by atoms with E-state index in [2.05, 4.69) is 15.1 Å². The number of carbonyl (C=O) groups is 1. The van der Waals surface area contributed by atoms with Gasteiger partial charge in [-0.1, -0.05) is 0 Å². The van der Waals surface area contributed by atoms with Gasteiger partial charge in [-0.3, -0.25) is 14.6 Å². The molecule has 19 heavy (non-hydrogen) atoms. The van der Waals surface area contributed by atoms with Gasteiger partial charge < -0.3 is 9.47 Å². The van der Waals surface area contributed by atoms with Crippen LogP contribution in [0, 0.1) is 0 Å². The summed E-state index contributed by atoms with van der Waals surface area (Å²) in [6.45, 7) is 1.91. The van der Waals surface area contributed by atoms with Crippen molar-refractivity contribution in [1.29, 1.82) is 0 Å². The average molecular weight is 262 g/mol. The molecule has 0 aliphatic rings. The smallest absolute Gasteiger partial charge is 0.344 e. The summed E-state index contributed by atoms with van der Waals surface area (Å²) in [4.78, 5) is 19.3. The summed E-state index contributed by atoms with van der Waals surface area (Å²) < 4.78 is 11.6. The number of rotatable bonds is 5. The van der Waals surface area contributed by atoms with Gasteiger partial charge in [-0.15, -0.1) is 5.10 Å². The van der Waals surface area contributed by atoms with Crippen LogP contribution < -0.4 is 4.74 Å². The van der Waals surface area contributed by atoms with Crippen molar-refractivity contribution in [3.05, 3.63) is 24.7 Å². The van der Waals surface area contributed by atoms with Crippen LogP contribution in [0.15, 0.2) is 24.7 Å². The number of carbonyl (C=O) groups excluding carboxylic acids is 1. The van der Waals surface area contributed by atoms with Gasteiger partial charge in [0.25, 0.3) is 0 Å². The molecule has 0 aliphatic carbocycles. The Balaban J connectivity index is 2.07. The van der Waals surface area contributed by atoms with E-state index < -0.39 is 5.97 Å². The molecular weight excluding hydrogens is 248 g/mol. The van der Waals surface area contributed by atoms with Gasteiger partial charge in [0.05, 0.1) is 18.5 Å². The Labute approximate surface area is 110 Å². The highest BCUT2D eigenvalue weighted by Gasteiger charge is 2.11. The molecule has 0 saturated carbocycles. The molecule has 2 aromatic rings. The molecule has 0 saturated heterocycles. The van der Waals surface area contributed by atoms with E-state index in [1.165, 1.54) is 0 Å². The van der Waals surface area contributed by atoms with Crippen molar-refractivity contribution in [3.63, 3.8) is 0 Å². The third kappa shape index (κ3) is 3.27. The van der Waals surface area contributed by atoms with Gasteiger partial charge in [0.1, 0.15) is 5.69 Å². The van der Waals surface area contributed by atoms with Gasteiger partial charge in [-0.25, -0.2) is 4.79 Å². The lowest BCUT2D eigenvalue weighted by Gasteiger charge is -2.01. The standard InChI is InChI=1S/C12H14N4O3/c1-3-18-12(17)8-19-11-6-10(16(2)15-11)9-7-13-4-5-14-9/h4-7H,3,8H2,1-2H3. The first-order chi connectivity index (χ1) is 9.20. The minimum atomic E-state index is -0.422. The van der Waals surface area contributed by atoms with E-state index in [4.69, 9.17) is 9.47 Å². The minimum absolute atomic E-state index is 0.162. The van der Waals surface area contributed by atoms with Crippen molar-refractivity contribution >= 4 is 5.97 Å². The van der Waals surface area contributed by atoms with E-state index in [0.29, 0.717) is 18.2 Å². The van der Waals surface area contributed by atoms with Gasteiger partial charge in [0.2, 0.25) is 5.88 Å². The molecular formula is C12H14N4O3. The molecule has 0 N–H and O–H groups in total. The van der Waals surface area contributed by atoms with Crippen LogP contribution in [0.25, 0.3) is 11.4 Å². The maximum Gasteiger partial charge on any atom is 0.344 e. The molecule has 0 fully saturated rings. The number of esters is 1. The number of ether oxygens (including phenoxy) is 2. The van der Waals surface area contributed by atoms with Crippen molar-refractivity contribution in [1.82, 2.24) is 19.7 Å². The normalized spacial score (nSPS) is 10.2. The van der Waals surface area contributed by atoms with Crippen LogP contribution in [0.5, 0.6) is 5.88 Å². The summed E-state index contributed by atoms with van der Waals surface area (Å²) in [5.41, 5.74) is 1.44. The fourth-order valence-corrected chi connectivity index (χ4v) is 1.52. The van der Waals surface area contributed by atoms with Crippen LogP contribution in [0.3, 0.4) is 0 Å². The molecule has 0 bridgehead atoms.